The highest BCUT2D eigenvalue weighted by atomic mass is 19.1. The Morgan fingerprint density at radius 3 is 2.88 bits per heavy atom. The van der Waals surface area contributed by atoms with Crippen LogP contribution in [0.15, 0.2) is 36.5 Å². The Balaban J connectivity index is 2.35. The van der Waals surface area contributed by atoms with Crippen LogP contribution in [0.5, 0.6) is 0 Å². The van der Waals surface area contributed by atoms with Crippen LogP contribution in [0.1, 0.15) is 11.3 Å². The van der Waals surface area contributed by atoms with E-state index in [4.69, 9.17) is 11.0 Å². The normalized spacial score (nSPS) is 10.0. The van der Waals surface area contributed by atoms with Gasteiger partial charge in [0, 0.05) is 11.8 Å². The molecule has 0 radical (unpaired) electrons. The highest BCUT2D eigenvalue weighted by molar-refractivity contribution is 5.43. The first-order chi connectivity index (χ1) is 7.72. The lowest BCUT2D eigenvalue weighted by Crippen LogP contribution is -2.04. The standard InChI is InChI=1S/C12H10FN3/c13-12-9(3-1-5-11(12)15)8-16-6-2-4-10(16)7-14/h1-6H,8,15H2. The first-order valence-corrected chi connectivity index (χ1v) is 4.80. The molecule has 0 aliphatic heterocycles. The summed E-state index contributed by atoms with van der Waals surface area (Å²) in [5.74, 6) is -0.417. The second kappa shape index (κ2) is 4.07. The predicted octanol–water partition coefficient (Wildman–Crippen LogP) is 2.13. The minimum absolute atomic E-state index is 0.128. The third kappa shape index (κ3) is 1.75. The molecule has 2 N–H and O–H groups in total. The summed E-state index contributed by atoms with van der Waals surface area (Å²) in [5, 5.41) is 8.82. The maximum Gasteiger partial charge on any atom is 0.151 e. The lowest BCUT2D eigenvalue weighted by Gasteiger charge is -2.07. The number of nitrogen functional groups attached to an aromatic ring is 1. The quantitative estimate of drug-likeness (QED) is 0.780. The predicted molar refractivity (Wildman–Crippen MR) is 59.1 cm³/mol. The van der Waals surface area contributed by atoms with E-state index in [0.717, 1.165) is 0 Å². The van der Waals surface area contributed by atoms with E-state index in [1.807, 2.05) is 6.07 Å². The Morgan fingerprint density at radius 1 is 1.31 bits per heavy atom. The number of nitrogens with zero attached hydrogens (tertiary/aromatic N) is 2. The molecule has 0 saturated heterocycles. The molecule has 0 aliphatic rings. The smallest absolute Gasteiger partial charge is 0.151 e. The molecule has 0 fully saturated rings. The highest BCUT2D eigenvalue weighted by Gasteiger charge is 2.07. The van der Waals surface area contributed by atoms with Crippen molar-refractivity contribution in [1.29, 1.82) is 5.26 Å². The van der Waals surface area contributed by atoms with Gasteiger partial charge in [0.1, 0.15) is 11.8 Å². The summed E-state index contributed by atoms with van der Waals surface area (Å²) >= 11 is 0. The number of hydrogen-bond donors (Lipinski definition) is 1. The molecule has 0 spiro atoms. The molecule has 1 aromatic heterocycles. The van der Waals surface area contributed by atoms with Crippen molar-refractivity contribution < 1.29 is 4.39 Å². The van der Waals surface area contributed by atoms with Crippen LogP contribution in [-0.2, 0) is 6.54 Å². The number of hydrogen-bond acceptors (Lipinski definition) is 2. The van der Waals surface area contributed by atoms with Crippen LogP contribution in [0, 0.1) is 17.1 Å². The van der Waals surface area contributed by atoms with Gasteiger partial charge >= 0.3 is 0 Å². The van der Waals surface area contributed by atoms with E-state index < -0.39 is 5.82 Å². The Hall–Kier alpha value is -2.28. The third-order valence-electron chi connectivity index (χ3n) is 2.39. The van der Waals surface area contributed by atoms with Gasteiger partial charge in [0.2, 0.25) is 0 Å². The molecule has 16 heavy (non-hydrogen) atoms. The summed E-state index contributed by atoms with van der Waals surface area (Å²) in [5.41, 5.74) is 6.58. The Kier molecular flexibility index (Phi) is 2.61. The lowest BCUT2D eigenvalue weighted by atomic mass is 10.2. The fraction of sp³-hybridized carbons (Fsp3) is 0.0833. The number of anilines is 1. The molecule has 0 bridgehead atoms. The molecule has 2 rings (SSSR count). The van der Waals surface area contributed by atoms with Crippen LogP contribution < -0.4 is 5.73 Å². The molecule has 0 unspecified atom stereocenters. The maximum absolute atomic E-state index is 13.6. The van der Waals surface area contributed by atoms with Gasteiger partial charge in [-0.3, -0.25) is 0 Å². The number of aromatic nitrogens is 1. The SMILES string of the molecule is N#Cc1cccn1Cc1cccc(N)c1F. The number of nitrogens with two attached hydrogens (primary N) is 1. The van der Waals surface area contributed by atoms with Crippen LogP contribution in [0.2, 0.25) is 0 Å². The topological polar surface area (TPSA) is 54.7 Å². The van der Waals surface area contributed by atoms with Crippen LogP contribution in [-0.4, -0.2) is 4.57 Å². The summed E-state index contributed by atoms with van der Waals surface area (Å²) in [6.07, 6.45) is 1.74. The summed E-state index contributed by atoms with van der Waals surface area (Å²) < 4.78 is 15.3. The lowest BCUT2D eigenvalue weighted by molar-refractivity contribution is 0.603. The van der Waals surface area contributed by atoms with E-state index in [1.165, 1.54) is 6.07 Å². The van der Waals surface area contributed by atoms with E-state index in [0.29, 0.717) is 17.8 Å². The van der Waals surface area contributed by atoms with Gasteiger partial charge in [-0.15, -0.1) is 0 Å². The van der Waals surface area contributed by atoms with Crippen molar-refractivity contribution in [3.63, 3.8) is 0 Å². The molecule has 0 aliphatic carbocycles. The molecule has 2 aromatic rings. The van der Waals surface area contributed by atoms with Gasteiger partial charge in [0.15, 0.2) is 5.82 Å². The van der Waals surface area contributed by atoms with Crippen molar-refractivity contribution in [2.45, 2.75) is 6.54 Å². The van der Waals surface area contributed by atoms with Crippen molar-refractivity contribution >= 4 is 5.69 Å². The zero-order valence-corrected chi connectivity index (χ0v) is 8.52. The third-order valence-corrected chi connectivity index (χ3v) is 2.39. The number of nitriles is 1. The average Bonchev–Trinajstić information content (AvgIpc) is 2.72. The highest BCUT2D eigenvalue weighted by Crippen LogP contribution is 2.16. The Morgan fingerprint density at radius 2 is 2.12 bits per heavy atom. The number of rotatable bonds is 2. The molecule has 3 nitrogen and oxygen atoms in total. The molecule has 0 atom stereocenters. The Bertz CT molecular complexity index is 552. The minimum Gasteiger partial charge on any atom is -0.396 e. The summed E-state index contributed by atoms with van der Waals surface area (Å²) in [4.78, 5) is 0. The van der Waals surface area contributed by atoms with Gasteiger partial charge in [-0.1, -0.05) is 12.1 Å². The second-order valence-electron chi connectivity index (χ2n) is 3.45. The molecule has 1 aromatic carbocycles. The van der Waals surface area contributed by atoms with E-state index in [2.05, 4.69) is 0 Å². The van der Waals surface area contributed by atoms with Crippen molar-refractivity contribution in [2.75, 3.05) is 5.73 Å². The average molecular weight is 215 g/mol. The number of halogens is 1. The van der Waals surface area contributed by atoms with Crippen molar-refractivity contribution in [1.82, 2.24) is 4.57 Å². The summed E-state index contributed by atoms with van der Waals surface area (Å²) in [6.45, 7) is 0.312. The molecule has 80 valence electrons. The molecule has 4 heteroatoms. The van der Waals surface area contributed by atoms with Crippen LogP contribution >= 0.6 is 0 Å². The molecular formula is C12H10FN3. The largest absolute Gasteiger partial charge is 0.396 e. The van der Waals surface area contributed by atoms with E-state index in [-0.39, 0.29) is 5.69 Å². The van der Waals surface area contributed by atoms with Gasteiger partial charge in [0.05, 0.1) is 12.2 Å². The minimum atomic E-state index is -0.417. The zero-order valence-electron chi connectivity index (χ0n) is 8.52. The van der Waals surface area contributed by atoms with Crippen molar-refractivity contribution in [3.05, 3.63) is 53.6 Å². The fourth-order valence-electron chi connectivity index (χ4n) is 1.56. The Labute approximate surface area is 92.5 Å². The van der Waals surface area contributed by atoms with Crippen LogP contribution in [0.3, 0.4) is 0 Å². The second-order valence-corrected chi connectivity index (χ2v) is 3.45. The van der Waals surface area contributed by atoms with E-state index in [9.17, 15) is 4.39 Å². The van der Waals surface area contributed by atoms with Crippen molar-refractivity contribution in [2.24, 2.45) is 0 Å². The fourth-order valence-corrected chi connectivity index (χ4v) is 1.56. The monoisotopic (exact) mass is 215 g/mol. The van der Waals surface area contributed by atoms with Gasteiger partial charge in [-0.25, -0.2) is 4.39 Å². The van der Waals surface area contributed by atoms with Crippen molar-refractivity contribution in [3.8, 4) is 6.07 Å². The summed E-state index contributed by atoms with van der Waals surface area (Å²) in [7, 11) is 0. The van der Waals surface area contributed by atoms with E-state index in [1.54, 1.807) is 35.0 Å². The summed E-state index contributed by atoms with van der Waals surface area (Å²) in [6, 6.07) is 10.3. The van der Waals surface area contributed by atoms with Crippen LogP contribution in [0.25, 0.3) is 0 Å². The zero-order chi connectivity index (χ0) is 11.5. The van der Waals surface area contributed by atoms with Gasteiger partial charge in [-0.2, -0.15) is 5.26 Å². The molecule has 0 saturated carbocycles. The maximum atomic E-state index is 13.6. The van der Waals surface area contributed by atoms with Gasteiger partial charge < -0.3 is 10.3 Å². The molecule has 1 heterocycles. The van der Waals surface area contributed by atoms with Crippen LogP contribution in [0.4, 0.5) is 10.1 Å². The van der Waals surface area contributed by atoms with E-state index >= 15 is 0 Å². The molecular weight excluding hydrogens is 205 g/mol. The van der Waals surface area contributed by atoms with Gasteiger partial charge in [0.25, 0.3) is 0 Å². The first kappa shape index (κ1) is 10.2. The first-order valence-electron chi connectivity index (χ1n) is 4.80. The number of benzene rings is 1. The van der Waals surface area contributed by atoms with Gasteiger partial charge in [-0.05, 0) is 18.2 Å². The molecule has 0 amide bonds.